The maximum Gasteiger partial charge on any atom is 0.290 e. The number of ketones is 1. The lowest BCUT2D eigenvalue weighted by atomic mass is 9.95. The molecule has 3 rings (SSSR count). The number of aliphatic hydroxyl groups is 1. The van der Waals surface area contributed by atoms with Crippen LogP contribution < -0.4 is 9.47 Å². The highest BCUT2D eigenvalue weighted by Gasteiger charge is 2.43. The zero-order chi connectivity index (χ0) is 25.9. The van der Waals surface area contributed by atoms with Crippen LogP contribution in [0.4, 0.5) is 0 Å². The highest BCUT2D eigenvalue weighted by Crippen LogP contribution is 2.41. The number of ether oxygens (including phenoxy) is 3. The number of hydrogen-bond acceptors (Lipinski definition) is 6. The summed E-state index contributed by atoms with van der Waals surface area (Å²) in [5.41, 5.74) is 1.51. The van der Waals surface area contributed by atoms with E-state index in [-0.39, 0.29) is 18.7 Å². The van der Waals surface area contributed by atoms with Crippen molar-refractivity contribution in [2.24, 2.45) is 0 Å². The SMILES string of the molecule is CCCCCOc1ccc(C2C(C(=O)/C=C/c3ccccc3)=C(O)C(=O)N2CCOC)cc1OCC. The zero-order valence-electron chi connectivity index (χ0n) is 21.2. The van der Waals surface area contributed by atoms with Crippen molar-refractivity contribution in [3.63, 3.8) is 0 Å². The van der Waals surface area contributed by atoms with Gasteiger partial charge in [-0.3, -0.25) is 9.59 Å². The van der Waals surface area contributed by atoms with E-state index >= 15 is 0 Å². The van der Waals surface area contributed by atoms with Gasteiger partial charge < -0.3 is 24.2 Å². The number of rotatable bonds is 14. The second-order valence-corrected chi connectivity index (χ2v) is 8.46. The molecule has 1 aliphatic heterocycles. The van der Waals surface area contributed by atoms with E-state index in [9.17, 15) is 14.7 Å². The van der Waals surface area contributed by atoms with Crippen LogP contribution in [0.2, 0.25) is 0 Å². The summed E-state index contributed by atoms with van der Waals surface area (Å²) < 4.78 is 17.0. The van der Waals surface area contributed by atoms with Crippen LogP contribution in [-0.2, 0) is 14.3 Å². The maximum atomic E-state index is 13.3. The molecule has 0 saturated carbocycles. The lowest BCUT2D eigenvalue weighted by Gasteiger charge is -2.27. The van der Waals surface area contributed by atoms with Crippen LogP contribution in [0.3, 0.4) is 0 Å². The summed E-state index contributed by atoms with van der Waals surface area (Å²) in [6.07, 6.45) is 6.16. The predicted octanol–water partition coefficient (Wildman–Crippen LogP) is 5.28. The van der Waals surface area contributed by atoms with Gasteiger partial charge in [0.2, 0.25) is 0 Å². The molecule has 2 aromatic rings. The molecule has 1 aliphatic rings. The number of carbonyl (C=O) groups excluding carboxylic acids is 2. The first-order valence-electron chi connectivity index (χ1n) is 12.4. The number of aliphatic hydroxyl groups excluding tert-OH is 1. The molecule has 7 nitrogen and oxygen atoms in total. The first-order valence-corrected chi connectivity index (χ1v) is 12.4. The number of allylic oxidation sites excluding steroid dienone is 1. The largest absolute Gasteiger partial charge is 0.503 e. The van der Waals surface area contributed by atoms with E-state index in [4.69, 9.17) is 14.2 Å². The Kier molecular flexibility index (Phi) is 10.1. The Morgan fingerprint density at radius 2 is 1.81 bits per heavy atom. The fourth-order valence-electron chi connectivity index (χ4n) is 4.11. The standard InChI is InChI=1S/C29H35NO6/c1-4-6-10-18-36-24-16-14-22(20-25(24)35-5-2)27-26(28(32)29(33)30(27)17-19-34-3)23(31)15-13-21-11-8-7-9-12-21/h7-9,11-16,20,27,32H,4-6,10,17-19H2,1-3H3/b15-13+. The van der Waals surface area contributed by atoms with Crippen LogP contribution in [-0.4, -0.2) is 55.2 Å². The van der Waals surface area contributed by atoms with Gasteiger partial charge in [0.1, 0.15) is 0 Å². The summed E-state index contributed by atoms with van der Waals surface area (Å²) in [5.74, 6) is -0.450. The molecule has 7 heteroatoms. The molecule has 0 spiro atoms. The number of carbonyl (C=O) groups is 2. The molecule has 0 radical (unpaired) electrons. The van der Waals surface area contributed by atoms with Crippen LogP contribution in [0.25, 0.3) is 6.08 Å². The summed E-state index contributed by atoms with van der Waals surface area (Å²) in [5, 5.41) is 10.8. The fourth-order valence-corrected chi connectivity index (χ4v) is 4.11. The third-order valence-corrected chi connectivity index (χ3v) is 5.92. The molecule has 0 fully saturated rings. The van der Waals surface area contributed by atoms with Crippen molar-refractivity contribution in [1.29, 1.82) is 0 Å². The minimum Gasteiger partial charge on any atom is -0.503 e. The van der Waals surface area contributed by atoms with E-state index in [2.05, 4.69) is 6.92 Å². The quantitative estimate of drug-likeness (QED) is 0.285. The highest BCUT2D eigenvalue weighted by atomic mass is 16.5. The molecule has 1 amide bonds. The zero-order valence-corrected chi connectivity index (χ0v) is 21.2. The molecule has 2 aromatic carbocycles. The van der Waals surface area contributed by atoms with Crippen LogP contribution in [0.15, 0.2) is 65.9 Å². The number of methoxy groups -OCH3 is 1. The summed E-state index contributed by atoms with van der Waals surface area (Å²) in [7, 11) is 1.54. The number of unbranched alkanes of at least 4 members (excludes halogenated alkanes) is 2. The number of benzene rings is 2. The fraction of sp³-hybridized carbons (Fsp3) is 0.379. The van der Waals surface area contributed by atoms with Gasteiger partial charge in [-0.15, -0.1) is 0 Å². The third-order valence-electron chi connectivity index (χ3n) is 5.92. The predicted molar refractivity (Wildman–Crippen MR) is 139 cm³/mol. The molecule has 1 unspecified atom stereocenters. The first-order chi connectivity index (χ1) is 17.5. The number of nitrogens with zero attached hydrogens (tertiary/aromatic N) is 1. The van der Waals surface area contributed by atoms with Crippen LogP contribution in [0.5, 0.6) is 11.5 Å². The van der Waals surface area contributed by atoms with E-state index in [1.54, 1.807) is 18.2 Å². The Hall–Kier alpha value is -3.58. The lowest BCUT2D eigenvalue weighted by Crippen LogP contribution is -2.33. The summed E-state index contributed by atoms with van der Waals surface area (Å²) in [4.78, 5) is 27.7. The average Bonchev–Trinajstić information content (AvgIpc) is 3.15. The Balaban J connectivity index is 1.97. The van der Waals surface area contributed by atoms with Gasteiger partial charge in [-0.1, -0.05) is 62.2 Å². The average molecular weight is 494 g/mol. The third kappa shape index (κ3) is 6.55. The van der Waals surface area contributed by atoms with Gasteiger partial charge in [-0.2, -0.15) is 0 Å². The van der Waals surface area contributed by atoms with Crippen molar-refractivity contribution >= 4 is 17.8 Å². The smallest absolute Gasteiger partial charge is 0.290 e. The summed E-state index contributed by atoms with van der Waals surface area (Å²) in [6.45, 7) is 5.49. The second kappa shape index (κ2) is 13.5. The Labute approximate surface area is 213 Å². The Bertz CT molecular complexity index is 1090. The first kappa shape index (κ1) is 27.0. The molecule has 0 aromatic heterocycles. The molecule has 0 aliphatic carbocycles. The van der Waals surface area contributed by atoms with Gasteiger partial charge in [0.05, 0.1) is 31.4 Å². The van der Waals surface area contributed by atoms with Crippen molar-refractivity contribution in [3.8, 4) is 11.5 Å². The molecule has 1 heterocycles. The van der Waals surface area contributed by atoms with Crippen LogP contribution >= 0.6 is 0 Å². The molecular formula is C29H35NO6. The monoisotopic (exact) mass is 493 g/mol. The van der Waals surface area contributed by atoms with Gasteiger partial charge in [-0.05, 0) is 42.7 Å². The molecule has 1 N–H and O–H groups in total. The molecule has 1 atom stereocenters. The van der Waals surface area contributed by atoms with Crippen molar-refractivity contribution in [2.45, 2.75) is 39.2 Å². The Morgan fingerprint density at radius 1 is 1.03 bits per heavy atom. The molecular weight excluding hydrogens is 458 g/mol. The van der Waals surface area contributed by atoms with E-state index < -0.39 is 23.5 Å². The number of hydrogen-bond donors (Lipinski definition) is 1. The topological polar surface area (TPSA) is 85.3 Å². The minimum absolute atomic E-state index is 0.0300. The van der Waals surface area contributed by atoms with Crippen LogP contribution in [0.1, 0.15) is 50.3 Å². The van der Waals surface area contributed by atoms with Crippen molar-refractivity contribution in [2.75, 3.05) is 33.5 Å². The van der Waals surface area contributed by atoms with Crippen molar-refractivity contribution in [1.82, 2.24) is 4.90 Å². The minimum atomic E-state index is -0.783. The van der Waals surface area contributed by atoms with Gasteiger partial charge >= 0.3 is 0 Å². The van der Waals surface area contributed by atoms with Gasteiger partial charge in [0.25, 0.3) is 5.91 Å². The molecule has 36 heavy (non-hydrogen) atoms. The Morgan fingerprint density at radius 3 is 2.50 bits per heavy atom. The van der Waals surface area contributed by atoms with E-state index in [0.29, 0.717) is 30.3 Å². The van der Waals surface area contributed by atoms with Crippen LogP contribution in [0, 0.1) is 0 Å². The van der Waals surface area contributed by atoms with Crippen molar-refractivity contribution < 1.29 is 28.9 Å². The summed E-state index contributed by atoms with van der Waals surface area (Å²) in [6, 6.07) is 14.0. The summed E-state index contributed by atoms with van der Waals surface area (Å²) >= 11 is 0. The number of amides is 1. The van der Waals surface area contributed by atoms with E-state index in [1.807, 2.05) is 43.3 Å². The highest BCUT2D eigenvalue weighted by molar-refractivity contribution is 6.14. The normalized spacial score (nSPS) is 15.7. The van der Waals surface area contributed by atoms with E-state index in [1.165, 1.54) is 18.1 Å². The molecule has 0 bridgehead atoms. The maximum absolute atomic E-state index is 13.3. The van der Waals surface area contributed by atoms with Gasteiger partial charge in [0.15, 0.2) is 23.0 Å². The molecule has 192 valence electrons. The lowest BCUT2D eigenvalue weighted by molar-refractivity contribution is -0.130. The van der Waals surface area contributed by atoms with Crippen molar-refractivity contribution in [3.05, 3.63) is 77.1 Å². The van der Waals surface area contributed by atoms with E-state index in [0.717, 1.165) is 24.8 Å². The van der Waals surface area contributed by atoms with Gasteiger partial charge in [0, 0.05) is 13.7 Å². The van der Waals surface area contributed by atoms with Gasteiger partial charge in [-0.25, -0.2) is 0 Å². The molecule has 0 saturated heterocycles. The second-order valence-electron chi connectivity index (χ2n) is 8.46.